The summed E-state index contributed by atoms with van der Waals surface area (Å²) in [5.74, 6) is 0.276. The van der Waals surface area contributed by atoms with E-state index in [0.29, 0.717) is 0 Å². The first-order valence-corrected chi connectivity index (χ1v) is 8.38. The van der Waals surface area contributed by atoms with E-state index in [1.165, 1.54) is 33.3 Å². The fraction of sp³-hybridized carbons (Fsp3) is 0.0909. The van der Waals surface area contributed by atoms with Crippen LogP contribution in [-0.4, -0.2) is 11.5 Å². The summed E-state index contributed by atoms with van der Waals surface area (Å²) in [5, 5.41) is 1.29. The predicted octanol–water partition coefficient (Wildman–Crippen LogP) is 4.21. The topological polar surface area (TPSA) is 43.4 Å². The second-order valence-electron chi connectivity index (χ2n) is 6.08. The molecular weight excluding hydrogens is 292 g/mol. The first-order valence-electron chi connectivity index (χ1n) is 8.38. The largest absolute Gasteiger partial charge is 0.357 e. The van der Waals surface area contributed by atoms with E-state index in [1.54, 1.807) is 0 Å². The molecule has 0 amide bonds. The van der Waals surface area contributed by atoms with Crippen LogP contribution in [0, 0.1) is 0 Å². The van der Waals surface area contributed by atoms with Gasteiger partial charge in [0.15, 0.2) is 0 Å². The highest BCUT2D eigenvalue weighted by Gasteiger charge is 2.23. The lowest BCUT2D eigenvalue weighted by Gasteiger charge is -2.16. The van der Waals surface area contributed by atoms with Gasteiger partial charge in [-0.3, -0.25) is 0 Å². The van der Waals surface area contributed by atoms with Crippen LogP contribution in [-0.2, 0) is 0 Å². The summed E-state index contributed by atoms with van der Waals surface area (Å²) in [7, 11) is 0. The quantitative estimate of drug-likeness (QED) is 0.567. The number of hydrogen-bond acceptors (Lipinski definition) is 0. The predicted molar refractivity (Wildman–Crippen MR) is 99.8 cm³/mol. The van der Waals surface area contributed by atoms with Gasteiger partial charge in [0.1, 0.15) is 0 Å². The lowest BCUT2D eigenvalue weighted by molar-refractivity contribution is -0.370. The summed E-state index contributed by atoms with van der Waals surface area (Å²) < 4.78 is 0. The fourth-order valence-corrected chi connectivity index (χ4v) is 3.52. The fourth-order valence-electron chi connectivity index (χ4n) is 3.52. The maximum atomic E-state index is 4.25. The zero-order valence-corrected chi connectivity index (χ0v) is 13.6. The molecule has 0 spiro atoms. The van der Waals surface area contributed by atoms with Crippen molar-refractivity contribution in [3.63, 3.8) is 0 Å². The maximum Gasteiger partial charge on any atom is 0.0851 e. The molecule has 4 N–H and O–H groups in total. The third-order valence-electron chi connectivity index (χ3n) is 4.65. The molecular formula is C22H21N2+. The number of fused-ring (bicyclic) bond motifs is 1. The van der Waals surface area contributed by atoms with E-state index < -0.39 is 0 Å². The summed E-state index contributed by atoms with van der Waals surface area (Å²) in [6, 6.07) is 29.8. The van der Waals surface area contributed by atoms with Crippen LogP contribution in [0.25, 0.3) is 22.2 Å². The van der Waals surface area contributed by atoms with Gasteiger partial charge in [-0.2, -0.15) is 0 Å². The molecule has 0 bridgehead atoms. The van der Waals surface area contributed by atoms with E-state index in [9.17, 15) is 0 Å². The van der Waals surface area contributed by atoms with Gasteiger partial charge in [0.25, 0.3) is 0 Å². The van der Waals surface area contributed by atoms with Crippen LogP contribution in [0.1, 0.15) is 17.0 Å². The summed E-state index contributed by atoms with van der Waals surface area (Å²) in [5.41, 5.74) is 10.5. The minimum Gasteiger partial charge on any atom is -0.357 e. The van der Waals surface area contributed by atoms with Crippen LogP contribution in [0.15, 0.2) is 84.9 Å². The third-order valence-corrected chi connectivity index (χ3v) is 4.65. The van der Waals surface area contributed by atoms with Crippen LogP contribution >= 0.6 is 0 Å². The van der Waals surface area contributed by atoms with Gasteiger partial charge in [-0.05, 0) is 22.8 Å². The van der Waals surface area contributed by atoms with Crippen LogP contribution in [0.2, 0.25) is 0 Å². The number of benzene rings is 3. The Morgan fingerprint density at radius 1 is 0.750 bits per heavy atom. The molecule has 2 heteroatoms. The number of aromatic amines is 1. The molecule has 0 aliphatic heterocycles. The Labute approximate surface area is 142 Å². The van der Waals surface area contributed by atoms with E-state index in [-0.39, 0.29) is 5.92 Å². The first-order chi connectivity index (χ1) is 11.9. The lowest BCUT2D eigenvalue weighted by atomic mass is 9.87. The molecule has 0 fully saturated rings. The molecule has 0 unspecified atom stereocenters. The van der Waals surface area contributed by atoms with Gasteiger partial charge in [-0.15, -0.1) is 0 Å². The summed E-state index contributed by atoms with van der Waals surface area (Å²) >= 11 is 0. The van der Waals surface area contributed by atoms with Gasteiger partial charge >= 0.3 is 0 Å². The molecule has 1 aromatic heterocycles. The Bertz CT molecular complexity index is 940. The standard InChI is InChI=1S/C22H20N2/c23-15-19(16-9-3-1-4-10-16)21-18-13-7-8-14-20(18)24-22(21)17-11-5-2-6-12-17/h1-14,19,24H,15,23H2/p+1/t19-/m0/s1. The number of hydrogen-bond donors (Lipinski definition) is 2. The zero-order chi connectivity index (χ0) is 16.4. The molecule has 0 aliphatic carbocycles. The van der Waals surface area contributed by atoms with Crippen molar-refractivity contribution >= 4 is 10.9 Å². The van der Waals surface area contributed by atoms with E-state index in [4.69, 9.17) is 0 Å². The molecule has 118 valence electrons. The van der Waals surface area contributed by atoms with Crippen LogP contribution in [0.3, 0.4) is 0 Å². The van der Waals surface area contributed by atoms with Crippen molar-refractivity contribution < 1.29 is 5.73 Å². The van der Waals surface area contributed by atoms with Crippen molar-refractivity contribution in [2.75, 3.05) is 6.54 Å². The molecule has 4 rings (SSSR count). The van der Waals surface area contributed by atoms with Crippen LogP contribution in [0.4, 0.5) is 0 Å². The summed E-state index contributed by atoms with van der Waals surface area (Å²) in [6.45, 7) is 0.825. The molecule has 1 atom stereocenters. The summed E-state index contributed by atoms with van der Waals surface area (Å²) in [6.07, 6.45) is 0. The van der Waals surface area contributed by atoms with Gasteiger partial charge in [0, 0.05) is 10.9 Å². The number of nitrogens with one attached hydrogen (secondary N) is 1. The van der Waals surface area contributed by atoms with Crippen LogP contribution < -0.4 is 5.73 Å². The molecule has 4 aromatic rings. The average molecular weight is 313 g/mol. The molecule has 1 heterocycles. The van der Waals surface area contributed by atoms with Crippen molar-refractivity contribution in [1.82, 2.24) is 4.98 Å². The number of rotatable bonds is 4. The van der Waals surface area contributed by atoms with E-state index in [0.717, 1.165) is 6.54 Å². The van der Waals surface area contributed by atoms with Gasteiger partial charge < -0.3 is 10.7 Å². The molecule has 24 heavy (non-hydrogen) atoms. The van der Waals surface area contributed by atoms with Crippen molar-refractivity contribution in [1.29, 1.82) is 0 Å². The van der Waals surface area contributed by atoms with Crippen molar-refractivity contribution in [3.8, 4) is 11.3 Å². The Kier molecular flexibility index (Phi) is 3.89. The highest BCUT2D eigenvalue weighted by Crippen LogP contribution is 2.37. The highest BCUT2D eigenvalue weighted by atomic mass is 14.7. The van der Waals surface area contributed by atoms with Gasteiger partial charge in [0.05, 0.1) is 18.2 Å². The highest BCUT2D eigenvalue weighted by molar-refractivity contribution is 5.92. The first kappa shape index (κ1) is 14.7. The smallest absolute Gasteiger partial charge is 0.0851 e. The van der Waals surface area contributed by atoms with Gasteiger partial charge in [-0.25, -0.2) is 0 Å². The Hall–Kier alpha value is -2.84. The SMILES string of the molecule is [NH3+]C[C@@H](c1ccccc1)c1c(-c2ccccc2)[nH]c2ccccc12. The number of para-hydroxylation sites is 1. The Morgan fingerprint density at radius 3 is 2.08 bits per heavy atom. The Morgan fingerprint density at radius 2 is 1.38 bits per heavy atom. The zero-order valence-electron chi connectivity index (χ0n) is 13.6. The average Bonchev–Trinajstić information content (AvgIpc) is 3.04. The molecule has 0 aliphatic rings. The van der Waals surface area contributed by atoms with Crippen LogP contribution in [0.5, 0.6) is 0 Å². The van der Waals surface area contributed by atoms with Crippen molar-refractivity contribution in [2.24, 2.45) is 0 Å². The van der Waals surface area contributed by atoms with Gasteiger partial charge in [-0.1, -0.05) is 78.9 Å². The van der Waals surface area contributed by atoms with Crippen molar-refractivity contribution in [3.05, 3.63) is 96.1 Å². The number of H-pyrrole nitrogens is 1. The summed E-state index contributed by atoms with van der Waals surface area (Å²) in [4.78, 5) is 3.64. The monoisotopic (exact) mass is 313 g/mol. The maximum absolute atomic E-state index is 4.25. The number of quaternary nitrogens is 1. The van der Waals surface area contributed by atoms with E-state index in [1.807, 2.05) is 0 Å². The van der Waals surface area contributed by atoms with E-state index in [2.05, 4.69) is 95.6 Å². The van der Waals surface area contributed by atoms with E-state index >= 15 is 0 Å². The molecule has 0 saturated heterocycles. The second kappa shape index (κ2) is 6.34. The van der Waals surface area contributed by atoms with Gasteiger partial charge in [0.2, 0.25) is 0 Å². The lowest BCUT2D eigenvalue weighted by Crippen LogP contribution is -2.53. The number of aromatic nitrogens is 1. The second-order valence-corrected chi connectivity index (χ2v) is 6.08. The Balaban J connectivity index is 1.99. The third kappa shape index (κ3) is 2.51. The normalized spacial score (nSPS) is 12.4. The molecule has 0 saturated carbocycles. The molecule has 3 aromatic carbocycles. The minimum absolute atomic E-state index is 0.276. The van der Waals surface area contributed by atoms with Crippen molar-refractivity contribution in [2.45, 2.75) is 5.92 Å². The minimum atomic E-state index is 0.276. The molecule has 0 radical (unpaired) electrons. The molecule has 2 nitrogen and oxygen atoms in total.